The molecule has 4 heteroatoms. The second kappa shape index (κ2) is 5.87. The van der Waals surface area contributed by atoms with Gasteiger partial charge in [-0.05, 0) is 25.2 Å². The Kier molecular flexibility index (Phi) is 4.19. The van der Waals surface area contributed by atoms with E-state index in [9.17, 15) is 0 Å². The van der Waals surface area contributed by atoms with Crippen molar-refractivity contribution in [2.24, 2.45) is 5.92 Å². The minimum atomic E-state index is 0.436. The number of hydrogen-bond acceptors (Lipinski definition) is 4. The lowest BCUT2D eigenvalue weighted by Crippen LogP contribution is -2.50. The van der Waals surface area contributed by atoms with E-state index in [0.29, 0.717) is 12.1 Å². The lowest BCUT2D eigenvalue weighted by Gasteiger charge is -2.36. The van der Waals surface area contributed by atoms with Crippen molar-refractivity contribution in [1.82, 2.24) is 15.1 Å². The summed E-state index contributed by atoms with van der Waals surface area (Å²) in [6.45, 7) is 8.65. The SMILES string of the molecule is COC1CNC(CN2CCN(CC3CC3)CC2)C1. The van der Waals surface area contributed by atoms with Crippen molar-refractivity contribution in [3.8, 4) is 0 Å². The number of ether oxygens (including phenoxy) is 1. The van der Waals surface area contributed by atoms with E-state index >= 15 is 0 Å². The van der Waals surface area contributed by atoms with Gasteiger partial charge in [-0.2, -0.15) is 0 Å². The summed E-state index contributed by atoms with van der Waals surface area (Å²) in [6, 6.07) is 0.643. The smallest absolute Gasteiger partial charge is 0.0711 e. The van der Waals surface area contributed by atoms with Gasteiger partial charge in [0.05, 0.1) is 6.10 Å². The molecule has 2 saturated heterocycles. The average Bonchev–Trinajstić information content (AvgIpc) is 3.09. The second-order valence-electron chi connectivity index (χ2n) is 6.24. The molecule has 1 saturated carbocycles. The largest absolute Gasteiger partial charge is 0.380 e. The maximum Gasteiger partial charge on any atom is 0.0711 e. The highest BCUT2D eigenvalue weighted by atomic mass is 16.5. The molecule has 1 N–H and O–H groups in total. The van der Waals surface area contributed by atoms with Gasteiger partial charge in [0.25, 0.3) is 0 Å². The molecule has 0 aromatic rings. The van der Waals surface area contributed by atoms with Crippen LogP contribution in [0.5, 0.6) is 0 Å². The quantitative estimate of drug-likeness (QED) is 0.767. The highest BCUT2D eigenvalue weighted by molar-refractivity contribution is 4.86. The van der Waals surface area contributed by atoms with Crippen LogP contribution in [0.3, 0.4) is 0 Å². The summed E-state index contributed by atoms with van der Waals surface area (Å²) < 4.78 is 5.41. The first-order valence-electron chi connectivity index (χ1n) is 7.54. The Morgan fingerprint density at radius 1 is 1.06 bits per heavy atom. The first-order chi connectivity index (χ1) is 8.83. The van der Waals surface area contributed by atoms with Gasteiger partial charge in [0.2, 0.25) is 0 Å². The average molecular weight is 253 g/mol. The van der Waals surface area contributed by atoms with Crippen LogP contribution in [0.4, 0.5) is 0 Å². The van der Waals surface area contributed by atoms with Gasteiger partial charge in [-0.1, -0.05) is 0 Å². The van der Waals surface area contributed by atoms with Crippen LogP contribution in [0, 0.1) is 5.92 Å². The zero-order valence-electron chi connectivity index (χ0n) is 11.6. The summed E-state index contributed by atoms with van der Waals surface area (Å²) >= 11 is 0. The van der Waals surface area contributed by atoms with Crippen molar-refractivity contribution in [1.29, 1.82) is 0 Å². The van der Waals surface area contributed by atoms with Gasteiger partial charge < -0.3 is 15.0 Å². The highest BCUT2D eigenvalue weighted by Crippen LogP contribution is 2.29. The van der Waals surface area contributed by atoms with Gasteiger partial charge in [-0.15, -0.1) is 0 Å². The number of methoxy groups -OCH3 is 1. The molecule has 0 aromatic heterocycles. The third-order valence-electron chi connectivity index (χ3n) is 4.67. The van der Waals surface area contributed by atoms with Crippen LogP contribution in [-0.2, 0) is 4.74 Å². The Labute approximate surface area is 111 Å². The highest BCUT2D eigenvalue weighted by Gasteiger charge is 2.29. The number of piperazine rings is 1. The molecule has 0 radical (unpaired) electrons. The molecule has 18 heavy (non-hydrogen) atoms. The Hall–Kier alpha value is -0.160. The maximum absolute atomic E-state index is 5.41. The standard InChI is InChI=1S/C14H27N3O/c1-18-14-8-13(15-9-14)11-17-6-4-16(5-7-17)10-12-2-3-12/h12-15H,2-11H2,1H3. The fraction of sp³-hybridized carbons (Fsp3) is 1.00. The molecule has 104 valence electrons. The van der Waals surface area contributed by atoms with E-state index in [4.69, 9.17) is 4.74 Å². The van der Waals surface area contributed by atoms with E-state index in [1.165, 1.54) is 58.5 Å². The topological polar surface area (TPSA) is 27.7 Å². The van der Waals surface area contributed by atoms with Crippen molar-refractivity contribution in [3.63, 3.8) is 0 Å². The van der Waals surface area contributed by atoms with Crippen LogP contribution >= 0.6 is 0 Å². The van der Waals surface area contributed by atoms with Crippen LogP contribution in [0.25, 0.3) is 0 Å². The lowest BCUT2D eigenvalue weighted by molar-refractivity contribution is 0.106. The monoisotopic (exact) mass is 253 g/mol. The number of nitrogens with one attached hydrogen (secondary N) is 1. The Balaban J connectivity index is 1.35. The molecule has 2 aliphatic heterocycles. The predicted octanol–water partition coefficient (Wildman–Crippen LogP) is 0.391. The molecule has 1 aliphatic carbocycles. The van der Waals surface area contributed by atoms with Crippen LogP contribution in [0.2, 0.25) is 0 Å². The summed E-state index contributed by atoms with van der Waals surface area (Å²) in [5.41, 5.74) is 0. The van der Waals surface area contributed by atoms with E-state index in [-0.39, 0.29) is 0 Å². The number of rotatable bonds is 5. The number of nitrogens with zero attached hydrogens (tertiary/aromatic N) is 2. The summed E-state index contributed by atoms with van der Waals surface area (Å²) in [5, 5.41) is 3.58. The van der Waals surface area contributed by atoms with Gasteiger partial charge in [-0.25, -0.2) is 0 Å². The third-order valence-corrected chi connectivity index (χ3v) is 4.67. The van der Waals surface area contributed by atoms with Crippen molar-refractivity contribution in [3.05, 3.63) is 0 Å². The van der Waals surface area contributed by atoms with Crippen LogP contribution in [0.1, 0.15) is 19.3 Å². The molecule has 0 bridgehead atoms. The van der Waals surface area contributed by atoms with Crippen molar-refractivity contribution in [2.75, 3.05) is 52.9 Å². The van der Waals surface area contributed by atoms with Crippen molar-refractivity contribution < 1.29 is 4.74 Å². The first kappa shape index (κ1) is 12.9. The van der Waals surface area contributed by atoms with Crippen LogP contribution in [-0.4, -0.2) is 74.9 Å². The summed E-state index contributed by atoms with van der Waals surface area (Å²) in [7, 11) is 1.82. The van der Waals surface area contributed by atoms with E-state index in [0.717, 1.165) is 12.5 Å². The van der Waals surface area contributed by atoms with Gasteiger partial charge in [0.15, 0.2) is 0 Å². The molecule has 2 heterocycles. The zero-order valence-corrected chi connectivity index (χ0v) is 11.6. The van der Waals surface area contributed by atoms with E-state index in [2.05, 4.69) is 15.1 Å². The molecule has 2 atom stereocenters. The molecule has 4 nitrogen and oxygen atoms in total. The number of hydrogen-bond donors (Lipinski definition) is 1. The van der Waals surface area contributed by atoms with Gasteiger partial charge in [0.1, 0.15) is 0 Å². The maximum atomic E-state index is 5.41. The molecule has 3 aliphatic rings. The zero-order chi connectivity index (χ0) is 12.4. The van der Waals surface area contributed by atoms with Crippen molar-refractivity contribution in [2.45, 2.75) is 31.4 Å². The van der Waals surface area contributed by atoms with Crippen LogP contribution in [0.15, 0.2) is 0 Å². The van der Waals surface area contributed by atoms with Gasteiger partial charge >= 0.3 is 0 Å². The fourth-order valence-corrected chi connectivity index (χ4v) is 3.23. The molecule has 3 rings (SSSR count). The molecule has 0 spiro atoms. The molecule has 3 fully saturated rings. The Morgan fingerprint density at radius 3 is 2.28 bits per heavy atom. The van der Waals surface area contributed by atoms with Gasteiger partial charge in [0, 0.05) is 59.0 Å². The predicted molar refractivity (Wildman–Crippen MR) is 72.8 cm³/mol. The van der Waals surface area contributed by atoms with E-state index in [1.807, 2.05) is 7.11 Å². The van der Waals surface area contributed by atoms with Crippen LogP contribution < -0.4 is 5.32 Å². The summed E-state index contributed by atoms with van der Waals surface area (Å²) in [5.74, 6) is 1.04. The molecular formula is C14H27N3O. The summed E-state index contributed by atoms with van der Waals surface area (Å²) in [4.78, 5) is 5.29. The minimum absolute atomic E-state index is 0.436. The summed E-state index contributed by atoms with van der Waals surface area (Å²) in [6.07, 6.45) is 4.57. The Morgan fingerprint density at radius 2 is 1.72 bits per heavy atom. The minimum Gasteiger partial charge on any atom is -0.380 e. The molecule has 2 unspecified atom stereocenters. The van der Waals surface area contributed by atoms with E-state index in [1.54, 1.807) is 0 Å². The normalized spacial score (nSPS) is 35.2. The van der Waals surface area contributed by atoms with Crippen molar-refractivity contribution >= 4 is 0 Å². The third kappa shape index (κ3) is 3.44. The van der Waals surface area contributed by atoms with E-state index < -0.39 is 0 Å². The van der Waals surface area contributed by atoms with Gasteiger partial charge in [-0.3, -0.25) is 4.90 Å². The molecular weight excluding hydrogens is 226 g/mol. The molecule has 0 amide bonds. The Bertz CT molecular complexity index is 262. The second-order valence-corrected chi connectivity index (χ2v) is 6.24. The molecule has 0 aromatic carbocycles. The fourth-order valence-electron chi connectivity index (χ4n) is 3.23. The first-order valence-corrected chi connectivity index (χ1v) is 7.54. The lowest BCUT2D eigenvalue weighted by atomic mass is 10.1.